The number of aliphatic hydroxyl groups excluding tert-OH is 1. The van der Waals surface area contributed by atoms with Crippen molar-refractivity contribution in [2.45, 2.75) is 31.8 Å². The molecule has 0 aromatic heterocycles. The lowest BCUT2D eigenvalue weighted by molar-refractivity contribution is 0.112. The van der Waals surface area contributed by atoms with Gasteiger partial charge in [-0.05, 0) is 37.0 Å². The third-order valence-electron chi connectivity index (χ3n) is 3.21. The number of halogens is 1. The lowest BCUT2D eigenvalue weighted by Gasteiger charge is -2.19. The van der Waals surface area contributed by atoms with Crippen molar-refractivity contribution in [1.29, 1.82) is 0 Å². The van der Waals surface area contributed by atoms with Crippen molar-refractivity contribution in [2.24, 2.45) is 5.92 Å². The van der Waals surface area contributed by atoms with E-state index < -0.39 is 6.10 Å². The van der Waals surface area contributed by atoms with Crippen molar-refractivity contribution in [3.05, 3.63) is 29.6 Å². The van der Waals surface area contributed by atoms with Crippen LogP contribution >= 0.6 is 0 Å². The fourth-order valence-electron chi connectivity index (χ4n) is 2.33. The second-order valence-electron chi connectivity index (χ2n) is 4.26. The summed E-state index contributed by atoms with van der Waals surface area (Å²) >= 11 is 0. The van der Waals surface area contributed by atoms with Crippen LogP contribution in [0.3, 0.4) is 0 Å². The van der Waals surface area contributed by atoms with E-state index in [2.05, 4.69) is 0 Å². The van der Waals surface area contributed by atoms with Crippen molar-refractivity contribution in [2.75, 3.05) is 5.73 Å². The highest BCUT2D eigenvalue weighted by Gasteiger charge is 2.25. The lowest BCUT2D eigenvalue weighted by Crippen LogP contribution is -2.11. The van der Waals surface area contributed by atoms with Gasteiger partial charge in [0.1, 0.15) is 5.82 Å². The average molecular weight is 209 g/mol. The predicted molar refractivity (Wildman–Crippen MR) is 57.7 cm³/mol. The molecule has 2 rings (SSSR count). The number of nitrogen functional groups attached to an aromatic ring is 1. The molecule has 1 unspecified atom stereocenters. The Labute approximate surface area is 88.9 Å². The summed E-state index contributed by atoms with van der Waals surface area (Å²) in [4.78, 5) is 0. The first kappa shape index (κ1) is 10.4. The van der Waals surface area contributed by atoms with Crippen LogP contribution in [-0.4, -0.2) is 5.11 Å². The first-order chi connectivity index (χ1) is 7.18. The number of nitrogens with two attached hydrogens (primary N) is 1. The molecule has 3 heteroatoms. The van der Waals surface area contributed by atoms with Crippen LogP contribution in [0.4, 0.5) is 10.1 Å². The summed E-state index contributed by atoms with van der Waals surface area (Å²) in [6.45, 7) is 0. The van der Waals surface area contributed by atoms with Gasteiger partial charge in [0.2, 0.25) is 0 Å². The standard InChI is InChI=1S/C12H16FNO/c13-9-5-6-11(14)10(7-9)12(15)8-3-1-2-4-8/h5-8,12,15H,1-4,14H2. The van der Waals surface area contributed by atoms with Crippen molar-refractivity contribution < 1.29 is 9.50 Å². The second-order valence-corrected chi connectivity index (χ2v) is 4.26. The maximum atomic E-state index is 13.0. The van der Waals surface area contributed by atoms with E-state index in [0.29, 0.717) is 11.3 Å². The SMILES string of the molecule is Nc1ccc(F)cc1C(O)C1CCCC1. The largest absolute Gasteiger partial charge is 0.398 e. The van der Waals surface area contributed by atoms with E-state index in [9.17, 15) is 9.50 Å². The molecule has 1 aliphatic rings. The minimum Gasteiger partial charge on any atom is -0.398 e. The van der Waals surface area contributed by atoms with Crippen molar-refractivity contribution in [3.8, 4) is 0 Å². The van der Waals surface area contributed by atoms with Crippen LogP contribution in [0.25, 0.3) is 0 Å². The highest BCUT2D eigenvalue weighted by atomic mass is 19.1. The van der Waals surface area contributed by atoms with E-state index in [0.717, 1.165) is 25.7 Å². The third-order valence-corrected chi connectivity index (χ3v) is 3.21. The first-order valence-corrected chi connectivity index (χ1v) is 5.41. The Kier molecular flexibility index (Phi) is 2.91. The molecular formula is C12H16FNO. The molecule has 1 aromatic carbocycles. The minimum atomic E-state index is -0.608. The molecule has 0 heterocycles. The molecule has 0 amide bonds. The fourth-order valence-corrected chi connectivity index (χ4v) is 2.33. The molecule has 0 radical (unpaired) electrons. The summed E-state index contributed by atoms with van der Waals surface area (Å²) in [6.07, 6.45) is 3.71. The number of rotatable bonds is 2. The van der Waals surface area contributed by atoms with Crippen molar-refractivity contribution in [3.63, 3.8) is 0 Å². The molecule has 1 atom stereocenters. The van der Waals surface area contributed by atoms with Gasteiger partial charge in [0, 0.05) is 11.3 Å². The third kappa shape index (κ3) is 2.12. The van der Waals surface area contributed by atoms with Gasteiger partial charge in [-0.3, -0.25) is 0 Å². The first-order valence-electron chi connectivity index (χ1n) is 5.41. The van der Waals surface area contributed by atoms with Crippen molar-refractivity contribution >= 4 is 5.69 Å². The van der Waals surface area contributed by atoms with Gasteiger partial charge >= 0.3 is 0 Å². The maximum Gasteiger partial charge on any atom is 0.123 e. The van der Waals surface area contributed by atoms with E-state index in [1.165, 1.54) is 18.2 Å². The fraction of sp³-hybridized carbons (Fsp3) is 0.500. The number of hydrogen-bond donors (Lipinski definition) is 2. The van der Waals surface area contributed by atoms with Crippen LogP contribution < -0.4 is 5.73 Å². The van der Waals surface area contributed by atoms with Gasteiger partial charge in [-0.25, -0.2) is 4.39 Å². The molecule has 0 bridgehead atoms. The zero-order valence-corrected chi connectivity index (χ0v) is 8.62. The monoisotopic (exact) mass is 209 g/mol. The molecule has 2 nitrogen and oxygen atoms in total. The maximum absolute atomic E-state index is 13.0. The Morgan fingerprint density at radius 2 is 2.00 bits per heavy atom. The molecule has 3 N–H and O–H groups in total. The smallest absolute Gasteiger partial charge is 0.123 e. The van der Waals surface area contributed by atoms with Crippen molar-refractivity contribution in [1.82, 2.24) is 0 Å². The molecule has 0 saturated heterocycles. The molecule has 1 aromatic rings. The van der Waals surface area contributed by atoms with Crippen LogP contribution in [0, 0.1) is 11.7 Å². The summed E-state index contributed by atoms with van der Waals surface area (Å²) in [5, 5.41) is 10.1. The summed E-state index contributed by atoms with van der Waals surface area (Å²) in [5.74, 6) is -0.0923. The van der Waals surface area contributed by atoms with Crippen LogP contribution in [-0.2, 0) is 0 Å². The topological polar surface area (TPSA) is 46.2 Å². The number of benzene rings is 1. The molecule has 15 heavy (non-hydrogen) atoms. The minimum absolute atomic E-state index is 0.245. The Hall–Kier alpha value is -1.09. The van der Waals surface area contributed by atoms with Gasteiger partial charge in [0.15, 0.2) is 0 Å². The Bertz CT molecular complexity index is 347. The average Bonchev–Trinajstić information content (AvgIpc) is 2.74. The summed E-state index contributed by atoms with van der Waals surface area (Å²) in [5.41, 5.74) is 6.76. The Morgan fingerprint density at radius 1 is 1.33 bits per heavy atom. The summed E-state index contributed by atoms with van der Waals surface area (Å²) in [6, 6.07) is 4.18. The zero-order valence-electron chi connectivity index (χ0n) is 8.62. The van der Waals surface area contributed by atoms with Crippen LogP contribution in [0.5, 0.6) is 0 Å². The van der Waals surface area contributed by atoms with Crippen LogP contribution in [0.2, 0.25) is 0 Å². The van der Waals surface area contributed by atoms with Gasteiger partial charge in [0.05, 0.1) is 6.10 Å². The molecule has 0 aliphatic heterocycles. The Morgan fingerprint density at radius 3 is 2.67 bits per heavy atom. The van der Waals surface area contributed by atoms with E-state index in [-0.39, 0.29) is 11.7 Å². The van der Waals surface area contributed by atoms with E-state index in [1.54, 1.807) is 0 Å². The molecule has 0 spiro atoms. The number of anilines is 1. The highest BCUT2D eigenvalue weighted by molar-refractivity contribution is 5.48. The second kappa shape index (κ2) is 4.19. The van der Waals surface area contributed by atoms with Gasteiger partial charge in [0.25, 0.3) is 0 Å². The highest BCUT2D eigenvalue weighted by Crippen LogP contribution is 2.37. The van der Waals surface area contributed by atoms with Gasteiger partial charge in [-0.15, -0.1) is 0 Å². The zero-order chi connectivity index (χ0) is 10.8. The van der Waals surface area contributed by atoms with E-state index in [4.69, 9.17) is 5.73 Å². The van der Waals surface area contributed by atoms with E-state index >= 15 is 0 Å². The molecule has 82 valence electrons. The number of aliphatic hydroxyl groups is 1. The van der Waals surface area contributed by atoms with Crippen LogP contribution in [0.1, 0.15) is 37.4 Å². The quantitative estimate of drug-likeness (QED) is 0.735. The summed E-state index contributed by atoms with van der Waals surface area (Å²) < 4.78 is 13.0. The van der Waals surface area contributed by atoms with Crippen LogP contribution in [0.15, 0.2) is 18.2 Å². The predicted octanol–water partition coefficient (Wildman–Crippen LogP) is 2.63. The summed E-state index contributed by atoms with van der Waals surface area (Å²) in [7, 11) is 0. The molecule has 1 saturated carbocycles. The molecule has 1 fully saturated rings. The van der Waals surface area contributed by atoms with Gasteiger partial charge in [-0.1, -0.05) is 12.8 Å². The molecular weight excluding hydrogens is 193 g/mol. The van der Waals surface area contributed by atoms with Gasteiger partial charge < -0.3 is 10.8 Å². The van der Waals surface area contributed by atoms with E-state index in [1.807, 2.05) is 0 Å². The number of hydrogen-bond acceptors (Lipinski definition) is 2. The molecule has 1 aliphatic carbocycles. The lowest BCUT2D eigenvalue weighted by atomic mass is 9.93. The normalized spacial score (nSPS) is 19.3. The Balaban J connectivity index is 2.23. The van der Waals surface area contributed by atoms with Gasteiger partial charge in [-0.2, -0.15) is 0 Å².